The van der Waals surface area contributed by atoms with Gasteiger partial charge in [-0.05, 0) is 15.4 Å². The molecule has 5 nitrogen and oxygen atoms in total. The molecule has 0 saturated heterocycles. The minimum Gasteiger partial charge on any atom is -0.481 e. The number of carboxylic acid groups (broad SMARTS) is 1. The summed E-state index contributed by atoms with van der Waals surface area (Å²) in [5.74, 6) is -0.968. The number of thiophene rings is 1. The molecule has 1 aromatic rings. The van der Waals surface area contributed by atoms with Gasteiger partial charge in [0.25, 0.3) is 5.00 Å². The molecule has 2 rings (SSSR count). The van der Waals surface area contributed by atoms with Crippen molar-refractivity contribution in [2.75, 3.05) is 0 Å². The topological polar surface area (TPSA) is 74.4 Å². The van der Waals surface area contributed by atoms with Crippen LogP contribution in [0.2, 0.25) is 0 Å². The largest absolute Gasteiger partial charge is 0.481 e. The van der Waals surface area contributed by atoms with Crippen molar-refractivity contribution >= 4 is 38.4 Å². The minimum atomic E-state index is -2.40. The lowest BCUT2D eigenvalue weighted by Gasteiger charge is -1.93. The molecule has 1 N–H and O–H groups in total. The van der Waals surface area contributed by atoms with Gasteiger partial charge in [0.2, 0.25) is 5.70 Å². The highest BCUT2D eigenvalue weighted by atomic mass is 32.2. The van der Waals surface area contributed by atoms with Crippen LogP contribution in [-0.2, 0) is 15.3 Å². The number of carboxylic acids is 1. The van der Waals surface area contributed by atoms with E-state index in [9.17, 15) is 13.2 Å². The van der Waals surface area contributed by atoms with Crippen molar-refractivity contribution in [2.45, 2.75) is 13.3 Å². The molecule has 0 spiro atoms. The Morgan fingerprint density at radius 3 is 2.81 bits per heavy atom. The summed E-state index contributed by atoms with van der Waals surface area (Å²) in [6.45, 7) is 1.61. The van der Waals surface area contributed by atoms with E-state index in [1.54, 1.807) is 18.4 Å². The van der Waals surface area contributed by atoms with Crippen molar-refractivity contribution in [1.29, 1.82) is 0 Å². The lowest BCUT2D eigenvalue weighted by Crippen LogP contribution is -1.99. The average molecular weight is 258 g/mol. The van der Waals surface area contributed by atoms with Crippen molar-refractivity contribution in [3.8, 4) is 0 Å². The predicted octanol–water partition coefficient (Wildman–Crippen LogP) is 1.67. The van der Waals surface area contributed by atoms with E-state index in [0.717, 1.165) is 3.95 Å². The van der Waals surface area contributed by atoms with Crippen LogP contribution in [0.15, 0.2) is 17.1 Å². The molecule has 0 aliphatic carbocycles. The Morgan fingerprint density at radius 2 is 2.25 bits per heavy atom. The molecular weight excluding hydrogens is 250 g/mol. The van der Waals surface area contributed by atoms with Crippen LogP contribution in [0, 0.1) is 0 Å². The Hall–Kier alpha value is -1.47. The molecule has 0 amide bonds. The van der Waals surface area contributed by atoms with E-state index in [1.165, 1.54) is 11.3 Å². The first kappa shape index (κ1) is 11.0. The maximum Gasteiger partial charge on any atom is 0.471 e. The minimum absolute atomic E-state index is 0.163. The number of fused-ring (bicyclic) bond motifs is 1. The van der Waals surface area contributed by atoms with Crippen LogP contribution in [-0.4, -0.2) is 23.4 Å². The van der Waals surface area contributed by atoms with Gasteiger partial charge in [0.05, 0.1) is 12.0 Å². The fourth-order valence-corrected chi connectivity index (χ4v) is 3.47. The van der Waals surface area contributed by atoms with Crippen molar-refractivity contribution in [3.63, 3.8) is 0 Å². The lowest BCUT2D eigenvalue weighted by molar-refractivity contribution is -0.345. The van der Waals surface area contributed by atoms with E-state index in [0.29, 0.717) is 21.8 Å². The lowest BCUT2D eigenvalue weighted by atomic mass is 10.1. The Kier molecular flexibility index (Phi) is 2.64. The summed E-state index contributed by atoms with van der Waals surface area (Å²) in [5.41, 5.74) is 1.74. The molecule has 0 bridgehead atoms. The number of carbonyl (C=O) groups is 1. The molecule has 16 heavy (non-hydrogen) atoms. The molecule has 1 aromatic heterocycles. The van der Waals surface area contributed by atoms with Gasteiger partial charge in [-0.25, -0.2) is 0 Å². The molecule has 0 unspecified atom stereocenters. The average Bonchev–Trinajstić information content (AvgIpc) is 2.69. The maximum absolute atomic E-state index is 11.1. The summed E-state index contributed by atoms with van der Waals surface area (Å²) in [6.07, 6.45) is -0.163. The van der Waals surface area contributed by atoms with Crippen LogP contribution < -0.4 is 0 Å². The van der Waals surface area contributed by atoms with Crippen LogP contribution in [0.1, 0.15) is 18.9 Å². The van der Waals surface area contributed by atoms with Crippen LogP contribution in [0.3, 0.4) is 0 Å². The normalized spacial score (nSPS) is 14.2. The second-order valence-electron chi connectivity index (χ2n) is 3.29. The fourth-order valence-electron chi connectivity index (χ4n) is 1.71. The number of rotatable bonds is 2. The van der Waals surface area contributed by atoms with Crippen molar-refractivity contribution in [3.05, 3.63) is 22.7 Å². The molecule has 1 aliphatic heterocycles. The fraction of sp³-hybridized carbons (Fsp3) is 0.222. The van der Waals surface area contributed by atoms with E-state index in [-0.39, 0.29) is 6.42 Å². The van der Waals surface area contributed by atoms with Gasteiger partial charge in [-0.2, -0.15) is 0 Å². The summed E-state index contributed by atoms with van der Waals surface area (Å²) in [6, 6.07) is 1.74. The Labute approximate surface area is 97.0 Å². The van der Waals surface area contributed by atoms with E-state index in [4.69, 9.17) is 5.11 Å². The van der Waals surface area contributed by atoms with Crippen molar-refractivity contribution < 1.29 is 22.3 Å². The number of aliphatic carboxylic acids is 1. The third-order valence-corrected chi connectivity index (χ3v) is 4.14. The van der Waals surface area contributed by atoms with E-state index in [1.807, 2.05) is 0 Å². The smallest absolute Gasteiger partial charge is 0.471 e. The van der Waals surface area contributed by atoms with E-state index >= 15 is 0 Å². The third kappa shape index (κ3) is 1.57. The van der Waals surface area contributed by atoms with Gasteiger partial charge in [0.15, 0.2) is 0 Å². The molecular formula is C9H8NO4S2+. The first-order valence-electron chi connectivity index (χ1n) is 4.41. The number of allylic oxidation sites excluding steroid dienone is 1. The van der Waals surface area contributed by atoms with E-state index < -0.39 is 16.5 Å². The van der Waals surface area contributed by atoms with Gasteiger partial charge in [0, 0.05) is 12.5 Å². The first-order chi connectivity index (χ1) is 7.52. The number of nitrogens with zero attached hydrogens (tertiary/aromatic N) is 1. The molecule has 1 aliphatic rings. The standard InChI is InChI=1S/C9H7NO4S2/c1-5-7(4-8(11)12)6-2-3-15-9(6)10(5)16(13)14/h2-3H,4H2,1H3/p+1. The zero-order valence-electron chi connectivity index (χ0n) is 8.30. The van der Waals surface area contributed by atoms with Gasteiger partial charge in [-0.1, -0.05) is 11.3 Å². The van der Waals surface area contributed by atoms with Crippen molar-refractivity contribution in [1.82, 2.24) is 0 Å². The molecule has 0 saturated carbocycles. The molecule has 84 valence electrons. The highest BCUT2D eigenvalue weighted by Gasteiger charge is 2.36. The predicted molar refractivity (Wildman–Crippen MR) is 58.0 cm³/mol. The Morgan fingerprint density at radius 1 is 1.56 bits per heavy atom. The molecule has 7 heteroatoms. The molecule has 0 aromatic carbocycles. The van der Waals surface area contributed by atoms with Gasteiger partial charge in [-0.15, -0.1) is 8.42 Å². The highest BCUT2D eigenvalue weighted by Crippen LogP contribution is 2.43. The summed E-state index contributed by atoms with van der Waals surface area (Å²) in [4.78, 5) is 10.7. The van der Waals surface area contributed by atoms with Crippen LogP contribution in [0.5, 0.6) is 0 Å². The SMILES string of the molecule is CC1=C(CC(=O)O)c2ccsc2[N+]1=S(=O)=O. The monoisotopic (exact) mass is 258 g/mol. The number of hydrogen-bond donors (Lipinski definition) is 1. The quantitative estimate of drug-likeness (QED) is 0.819. The molecule has 0 radical (unpaired) electrons. The first-order valence-corrected chi connectivity index (χ1v) is 6.32. The Bertz CT molecular complexity index is 628. The summed E-state index contributed by atoms with van der Waals surface area (Å²) in [5, 5.41) is 11.1. The van der Waals surface area contributed by atoms with Gasteiger partial charge < -0.3 is 5.11 Å². The highest BCUT2D eigenvalue weighted by molar-refractivity contribution is 7.59. The summed E-state index contributed by atoms with van der Waals surface area (Å²) in [7, 11) is -2.40. The summed E-state index contributed by atoms with van der Waals surface area (Å²) < 4.78 is 23.2. The van der Waals surface area contributed by atoms with Gasteiger partial charge in [0.1, 0.15) is 0 Å². The zero-order chi connectivity index (χ0) is 11.9. The second-order valence-corrected chi connectivity index (χ2v) is 4.98. The zero-order valence-corrected chi connectivity index (χ0v) is 9.93. The maximum atomic E-state index is 11.1. The summed E-state index contributed by atoms with van der Waals surface area (Å²) >= 11 is 1.28. The molecule has 0 fully saturated rings. The van der Waals surface area contributed by atoms with E-state index in [2.05, 4.69) is 0 Å². The molecule has 0 atom stereocenters. The van der Waals surface area contributed by atoms with Crippen LogP contribution in [0.25, 0.3) is 5.57 Å². The number of hydrogen-bond acceptors (Lipinski definition) is 4. The van der Waals surface area contributed by atoms with Crippen LogP contribution >= 0.6 is 11.3 Å². The molecule has 2 heterocycles. The van der Waals surface area contributed by atoms with Crippen molar-refractivity contribution in [2.24, 2.45) is 0 Å². The van der Waals surface area contributed by atoms with Gasteiger partial charge >= 0.3 is 16.5 Å². The van der Waals surface area contributed by atoms with Crippen LogP contribution in [0.4, 0.5) is 5.00 Å². The second kappa shape index (κ2) is 3.84. The Balaban J connectivity index is 2.70. The van der Waals surface area contributed by atoms with Gasteiger partial charge in [-0.3, -0.25) is 4.79 Å². The third-order valence-electron chi connectivity index (χ3n) is 2.37.